The van der Waals surface area contributed by atoms with E-state index in [2.05, 4.69) is 10.4 Å². The second-order valence-electron chi connectivity index (χ2n) is 4.62. The molecular formula is C14H18N4OS. The maximum absolute atomic E-state index is 12.2. The molecule has 1 aromatic carbocycles. The zero-order valence-corrected chi connectivity index (χ0v) is 12.6. The molecule has 1 unspecified atom stereocenters. The SMILES string of the molecule is Cc1c(N)cccc1NC(=O)C(C)Sc1cnn(C)c1. The van der Waals surface area contributed by atoms with Crippen molar-refractivity contribution in [1.29, 1.82) is 0 Å². The summed E-state index contributed by atoms with van der Waals surface area (Å²) in [6, 6.07) is 5.50. The van der Waals surface area contributed by atoms with Gasteiger partial charge in [-0.3, -0.25) is 9.48 Å². The van der Waals surface area contributed by atoms with Gasteiger partial charge in [-0.25, -0.2) is 0 Å². The van der Waals surface area contributed by atoms with Gasteiger partial charge >= 0.3 is 0 Å². The number of nitrogen functional groups attached to an aromatic ring is 1. The van der Waals surface area contributed by atoms with Crippen LogP contribution in [0.5, 0.6) is 0 Å². The normalized spacial score (nSPS) is 12.2. The Balaban J connectivity index is 2.02. The summed E-state index contributed by atoms with van der Waals surface area (Å²) in [7, 11) is 1.85. The third-order valence-corrected chi connectivity index (χ3v) is 4.05. The number of thioether (sulfide) groups is 1. The van der Waals surface area contributed by atoms with Crippen LogP contribution < -0.4 is 11.1 Å². The summed E-state index contributed by atoms with van der Waals surface area (Å²) in [5.74, 6) is -0.0486. The second kappa shape index (κ2) is 6.00. The highest BCUT2D eigenvalue weighted by Crippen LogP contribution is 2.25. The minimum absolute atomic E-state index is 0.0486. The zero-order valence-electron chi connectivity index (χ0n) is 11.8. The molecule has 0 spiro atoms. The summed E-state index contributed by atoms with van der Waals surface area (Å²) >= 11 is 1.48. The number of nitrogens with one attached hydrogen (secondary N) is 1. The van der Waals surface area contributed by atoms with Crippen molar-refractivity contribution >= 4 is 29.0 Å². The lowest BCUT2D eigenvalue weighted by molar-refractivity contribution is -0.115. The molecule has 0 radical (unpaired) electrons. The van der Waals surface area contributed by atoms with Crippen molar-refractivity contribution in [2.75, 3.05) is 11.1 Å². The van der Waals surface area contributed by atoms with Crippen LogP contribution in [0.1, 0.15) is 12.5 Å². The van der Waals surface area contributed by atoms with Crippen LogP contribution in [0.4, 0.5) is 11.4 Å². The van der Waals surface area contributed by atoms with Crippen LogP contribution in [0.25, 0.3) is 0 Å². The molecule has 0 bridgehead atoms. The fourth-order valence-electron chi connectivity index (χ4n) is 1.74. The van der Waals surface area contributed by atoms with Gasteiger partial charge in [0.25, 0.3) is 0 Å². The standard InChI is InChI=1S/C14H18N4OS/c1-9-12(15)5-4-6-13(9)17-14(19)10(2)20-11-7-16-18(3)8-11/h4-8,10H,15H2,1-3H3,(H,17,19). The fraction of sp³-hybridized carbons (Fsp3) is 0.286. The molecule has 0 aliphatic heterocycles. The summed E-state index contributed by atoms with van der Waals surface area (Å²) in [4.78, 5) is 13.2. The molecule has 1 atom stereocenters. The Morgan fingerprint density at radius 2 is 2.25 bits per heavy atom. The number of anilines is 2. The van der Waals surface area contributed by atoms with Gasteiger partial charge in [-0.15, -0.1) is 11.8 Å². The monoisotopic (exact) mass is 290 g/mol. The molecule has 0 aliphatic carbocycles. The number of hydrogen-bond donors (Lipinski definition) is 2. The van der Waals surface area contributed by atoms with E-state index in [1.165, 1.54) is 11.8 Å². The first-order chi connectivity index (χ1) is 9.47. The molecule has 0 saturated heterocycles. The van der Waals surface area contributed by atoms with Crippen molar-refractivity contribution in [3.63, 3.8) is 0 Å². The van der Waals surface area contributed by atoms with Crippen molar-refractivity contribution in [2.24, 2.45) is 7.05 Å². The number of carbonyl (C=O) groups is 1. The van der Waals surface area contributed by atoms with E-state index in [4.69, 9.17) is 5.73 Å². The van der Waals surface area contributed by atoms with Gasteiger partial charge in [0.1, 0.15) is 0 Å². The van der Waals surface area contributed by atoms with Crippen LogP contribution >= 0.6 is 11.8 Å². The van der Waals surface area contributed by atoms with E-state index in [1.807, 2.05) is 45.3 Å². The Labute approximate surface area is 122 Å². The molecule has 1 amide bonds. The number of carbonyl (C=O) groups excluding carboxylic acids is 1. The van der Waals surface area contributed by atoms with Gasteiger partial charge in [0.05, 0.1) is 11.4 Å². The predicted octanol–water partition coefficient (Wildman–Crippen LogP) is 2.43. The first-order valence-electron chi connectivity index (χ1n) is 6.28. The van der Waals surface area contributed by atoms with E-state index in [0.717, 1.165) is 16.1 Å². The zero-order chi connectivity index (χ0) is 14.7. The first kappa shape index (κ1) is 14.5. The lowest BCUT2D eigenvalue weighted by Crippen LogP contribution is -2.22. The molecule has 106 valence electrons. The summed E-state index contributed by atoms with van der Waals surface area (Å²) in [6.45, 7) is 3.76. The van der Waals surface area contributed by atoms with E-state index < -0.39 is 0 Å². The van der Waals surface area contributed by atoms with E-state index in [-0.39, 0.29) is 11.2 Å². The maximum atomic E-state index is 12.2. The van der Waals surface area contributed by atoms with E-state index in [1.54, 1.807) is 10.9 Å². The number of hydrogen-bond acceptors (Lipinski definition) is 4. The van der Waals surface area contributed by atoms with Gasteiger partial charge in [-0.2, -0.15) is 5.10 Å². The van der Waals surface area contributed by atoms with E-state index in [9.17, 15) is 4.79 Å². The average molecular weight is 290 g/mol. The Bertz CT molecular complexity index is 623. The number of aromatic nitrogens is 2. The van der Waals surface area contributed by atoms with Gasteiger partial charge in [0, 0.05) is 29.5 Å². The lowest BCUT2D eigenvalue weighted by Gasteiger charge is -2.13. The maximum Gasteiger partial charge on any atom is 0.237 e. The summed E-state index contributed by atoms with van der Waals surface area (Å²) in [5, 5.41) is 6.79. The van der Waals surface area contributed by atoms with Gasteiger partial charge < -0.3 is 11.1 Å². The second-order valence-corrected chi connectivity index (χ2v) is 6.03. The highest BCUT2D eigenvalue weighted by Gasteiger charge is 2.16. The molecule has 20 heavy (non-hydrogen) atoms. The van der Waals surface area contributed by atoms with Crippen LogP contribution in [0.3, 0.4) is 0 Å². The predicted molar refractivity (Wildman–Crippen MR) is 82.7 cm³/mol. The first-order valence-corrected chi connectivity index (χ1v) is 7.16. The summed E-state index contributed by atoms with van der Waals surface area (Å²) in [5.41, 5.74) is 8.15. The molecule has 5 nitrogen and oxygen atoms in total. The van der Waals surface area contributed by atoms with Crippen molar-refractivity contribution in [2.45, 2.75) is 24.0 Å². The Hall–Kier alpha value is -1.95. The fourth-order valence-corrected chi connectivity index (χ4v) is 2.64. The van der Waals surface area contributed by atoms with Crippen LogP contribution in [-0.4, -0.2) is 20.9 Å². The molecule has 0 saturated carbocycles. The van der Waals surface area contributed by atoms with Crippen LogP contribution in [0.15, 0.2) is 35.5 Å². The van der Waals surface area contributed by atoms with Gasteiger partial charge in [-0.1, -0.05) is 6.07 Å². The number of nitrogens with two attached hydrogens (primary N) is 1. The highest BCUT2D eigenvalue weighted by atomic mass is 32.2. The van der Waals surface area contributed by atoms with Crippen molar-refractivity contribution in [1.82, 2.24) is 9.78 Å². The third-order valence-electron chi connectivity index (χ3n) is 3.00. The molecule has 3 N–H and O–H groups in total. The molecule has 0 fully saturated rings. The van der Waals surface area contributed by atoms with Gasteiger partial charge in [0.15, 0.2) is 0 Å². The molecule has 6 heteroatoms. The quantitative estimate of drug-likeness (QED) is 0.670. The van der Waals surface area contributed by atoms with Crippen molar-refractivity contribution in [3.05, 3.63) is 36.2 Å². The largest absolute Gasteiger partial charge is 0.398 e. The van der Waals surface area contributed by atoms with E-state index in [0.29, 0.717) is 5.69 Å². The number of rotatable bonds is 4. The minimum atomic E-state index is -0.208. The average Bonchev–Trinajstić information content (AvgIpc) is 2.80. The molecule has 2 aromatic rings. The minimum Gasteiger partial charge on any atom is -0.398 e. The van der Waals surface area contributed by atoms with Crippen LogP contribution in [0, 0.1) is 6.92 Å². The van der Waals surface area contributed by atoms with Gasteiger partial charge in [-0.05, 0) is 31.5 Å². The third kappa shape index (κ3) is 3.33. The van der Waals surface area contributed by atoms with Gasteiger partial charge in [0.2, 0.25) is 5.91 Å². The van der Waals surface area contributed by atoms with Crippen LogP contribution in [-0.2, 0) is 11.8 Å². The van der Waals surface area contributed by atoms with Crippen molar-refractivity contribution in [3.8, 4) is 0 Å². The Kier molecular flexibility index (Phi) is 4.34. The number of nitrogens with zero attached hydrogens (tertiary/aromatic N) is 2. The Morgan fingerprint density at radius 1 is 1.50 bits per heavy atom. The molecule has 0 aliphatic rings. The van der Waals surface area contributed by atoms with E-state index >= 15 is 0 Å². The highest BCUT2D eigenvalue weighted by molar-refractivity contribution is 8.00. The smallest absolute Gasteiger partial charge is 0.237 e. The Morgan fingerprint density at radius 3 is 2.90 bits per heavy atom. The molecular weight excluding hydrogens is 272 g/mol. The number of benzene rings is 1. The summed E-state index contributed by atoms with van der Waals surface area (Å²) in [6.07, 6.45) is 3.64. The topological polar surface area (TPSA) is 72.9 Å². The van der Waals surface area contributed by atoms with Crippen molar-refractivity contribution < 1.29 is 4.79 Å². The van der Waals surface area contributed by atoms with Crippen LogP contribution in [0.2, 0.25) is 0 Å². The molecule has 2 rings (SSSR count). The molecule has 1 heterocycles. The lowest BCUT2D eigenvalue weighted by atomic mass is 10.1. The summed E-state index contributed by atoms with van der Waals surface area (Å²) < 4.78 is 1.72. The molecule has 1 aromatic heterocycles. The number of aryl methyl sites for hydroxylation is 1. The number of amides is 1.